The minimum Gasteiger partial charge on any atom is -0.361 e. The van der Waals surface area contributed by atoms with Crippen molar-refractivity contribution >= 4 is 17.5 Å². The number of carbonyl (C=O) groups excluding carboxylic acids is 1. The summed E-state index contributed by atoms with van der Waals surface area (Å²) >= 11 is 6.26. The highest BCUT2D eigenvalue weighted by molar-refractivity contribution is 6.31. The van der Waals surface area contributed by atoms with E-state index in [1.807, 2.05) is 32.0 Å². The molecule has 5 heteroatoms. The van der Waals surface area contributed by atoms with Gasteiger partial charge in [0.15, 0.2) is 0 Å². The monoisotopic (exact) mass is 320 g/mol. The van der Waals surface area contributed by atoms with Crippen LogP contribution in [0.3, 0.4) is 0 Å². The molecule has 1 aromatic carbocycles. The van der Waals surface area contributed by atoms with E-state index in [4.69, 9.17) is 16.1 Å². The molecule has 0 saturated carbocycles. The van der Waals surface area contributed by atoms with Gasteiger partial charge in [-0.05, 0) is 43.4 Å². The second kappa shape index (κ2) is 7.99. The van der Waals surface area contributed by atoms with Gasteiger partial charge in [-0.1, -0.05) is 35.8 Å². The lowest BCUT2D eigenvalue weighted by Gasteiger charge is -2.08. The van der Waals surface area contributed by atoms with Crippen LogP contribution in [-0.2, 0) is 24.1 Å². The van der Waals surface area contributed by atoms with Gasteiger partial charge >= 0.3 is 0 Å². The molecule has 118 valence electrons. The second-order valence-electron chi connectivity index (χ2n) is 5.31. The molecule has 2 rings (SSSR count). The van der Waals surface area contributed by atoms with Crippen LogP contribution in [0, 0.1) is 6.92 Å². The molecule has 0 saturated heterocycles. The lowest BCUT2D eigenvalue weighted by molar-refractivity contribution is -0.120. The van der Waals surface area contributed by atoms with E-state index >= 15 is 0 Å². The molecule has 1 aromatic heterocycles. The predicted octanol–water partition coefficient (Wildman–Crippen LogP) is 3.49. The van der Waals surface area contributed by atoms with Crippen molar-refractivity contribution in [2.45, 2.75) is 39.5 Å². The highest BCUT2D eigenvalue weighted by Crippen LogP contribution is 2.20. The van der Waals surface area contributed by atoms with Crippen molar-refractivity contribution in [3.8, 4) is 0 Å². The van der Waals surface area contributed by atoms with Gasteiger partial charge < -0.3 is 9.84 Å². The van der Waals surface area contributed by atoms with Gasteiger partial charge in [0.1, 0.15) is 5.76 Å². The number of hydrogen-bond acceptors (Lipinski definition) is 3. The number of hydrogen-bond donors (Lipinski definition) is 1. The summed E-state index contributed by atoms with van der Waals surface area (Å²) in [6, 6.07) is 7.97. The third-order valence-corrected chi connectivity index (χ3v) is 3.86. The summed E-state index contributed by atoms with van der Waals surface area (Å²) in [6.07, 6.45) is 2.94. The summed E-state index contributed by atoms with van der Waals surface area (Å²) in [4.78, 5) is 11.2. The average Bonchev–Trinajstić information content (AvgIpc) is 2.93. The molecule has 2 aromatic rings. The number of aryl methyl sites for hydroxylation is 3. The van der Waals surface area contributed by atoms with E-state index in [2.05, 4.69) is 16.5 Å². The molecular weight excluding hydrogens is 300 g/mol. The maximum absolute atomic E-state index is 11.2. The van der Waals surface area contributed by atoms with Gasteiger partial charge in [-0.15, -0.1) is 0 Å². The van der Waals surface area contributed by atoms with Crippen molar-refractivity contribution in [3.05, 3.63) is 51.9 Å². The minimum absolute atomic E-state index is 0.0792. The van der Waals surface area contributed by atoms with Gasteiger partial charge in [0.2, 0.25) is 5.91 Å². The molecule has 1 heterocycles. The fraction of sp³-hybridized carbons (Fsp3) is 0.412. The number of nitrogens with zero attached hydrogens (tertiary/aromatic N) is 1. The van der Waals surface area contributed by atoms with Crippen LogP contribution < -0.4 is 5.32 Å². The van der Waals surface area contributed by atoms with Gasteiger partial charge in [0, 0.05) is 24.1 Å². The van der Waals surface area contributed by atoms with Gasteiger partial charge in [-0.25, -0.2) is 0 Å². The normalized spacial score (nSPS) is 10.7. The Morgan fingerprint density at radius 3 is 2.77 bits per heavy atom. The van der Waals surface area contributed by atoms with Crippen LogP contribution in [-0.4, -0.2) is 17.6 Å². The summed E-state index contributed by atoms with van der Waals surface area (Å²) < 4.78 is 5.07. The first kappa shape index (κ1) is 16.6. The van der Waals surface area contributed by atoms with Gasteiger partial charge in [-0.2, -0.15) is 0 Å². The van der Waals surface area contributed by atoms with Crippen molar-refractivity contribution in [3.63, 3.8) is 0 Å². The summed E-state index contributed by atoms with van der Waals surface area (Å²) in [7, 11) is 0. The highest BCUT2D eigenvalue weighted by atomic mass is 35.5. The van der Waals surface area contributed by atoms with E-state index in [-0.39, 0.29) is 5.91 Å². The van der Waals surface area contributed by atoms with E-state index in [0.717, 1.165) is 41.3 Å². The predicted molar refractivity (Wildman–Crippen MR) is 87.1 cm³/mol. The van der Waals surface area contributed by atoms with Gasteiger partial charge in [-0.3, -0.25) is 4.79 Å². The van der Waals surface area contributed by atoms with Crippen LogP contribution in [0.4, 0.5) is 0 Å². The Morgan fingerprint density at radius 2 is 2.09 bits per heavy atom. The third-order valence-electron chi connectivity index (χ3n) is 3.49. The SMILES string of the molecule is CCC(=O)NCCc1ccc(Cl)c(CCc2cc(C)on2)c1. The number of rotatable bonds is 7. The minimum atomic E-state index is 0.0792. The molecule has 1 N–H and O–H groups in total. The Hall–Kier alpha value is -1.81. The fourth-order valence-electron chi connectivity index (χ4n) is 2.24. The molecule has 0 bridgehead atoms. The Kier molecular flexibility index (Phi) is 6.01. The lowest BCUT2D eigenvalue weighted by Crippen LogP contribution is -2.24. The summed E-state index contributed by atoms with van der Waals surface area (Å²) in [5, 5.41) is 7.64. The second-order valence-corrected chi connectivity index (χ2v) is 5.72. The maximum Gasteiger partial charge on any atom is 0.219 e. The largest absolute Gasteiger partial charge is 0.361 e. The molecule has 4 nitrogen and oxygen atoms in total. The fourth-order valence-corrected chi connectivity index (χ4v) is 2.46. The molecule has 0 aliphatic carbocycles. The van der Waals surface area contributed by atoms with Gasteiger partial charge in [0.25, 0.3) is 0 Å². The molecule has 0 aliphatic rings. The highest BCUT2D eigenvalue weighted by Gasteiger charge is 2.06. The maximum atomic E-state index is 11.2. The topological polar surface area (TPSA) is 55.1 Å². The number of benzene rings is 1. The number of halogens is 1. The van der Waals surface area contributed by atoms with Crippen LogP contribution in [0.15, 0.2) is 28.8 Å². The molecule has 0 unspecified atom stereocenters. The zero-order valence-corrected chi connectivity index (χ0v) is 13.7. The van der Waals surface area contributed by atoms with Crippen molar-refractivity contribution in [1.82, 2.24) is 10.5 Å². The first-order valence-electron chi connectivity index (χ1n) is 7.54. The number of carbonyl (C=O) groups is 1. The Balaban J connectivity index is 1.93. The molecule has 0 spiro atoms. The Labute approximate surface area is 135 Å². The van der Waals surface area contributed by atoms with E-state index < -0.39 is 0 Å². The van der Waals surface area contributed by atoms with Crippen molar-refractivity contribution < 1.29 is 9.32 Å². The smallest absolute Gasteiger partial charge is 0.219 e. The van der Waals surface area contributed by atoms with Crippen molar-refractivity contribution in [1.29, 1.82) is 0 Å². The van der Waals surface area contributed by atoms with Crippen molar-refractivity contribution in [2.75, 3.05) is 6.54 Å². The van der Waals surface area contributed by atoms with Crippen LogP contribution in [0.1, 0.15) is 35.9 Å². The molecule has 1 amide bonds. The molecule has 22 heavy (non-hydrogen) atoms. The lowest BCUT2D eigenvalue weighted by atomic mass is 10.0. The number of amides is 1. The van der Waals surface area contributed by atoms with Crippen LogP contribution in [0.25, 0.3) is 0 Å². The van der Waals surface area contributed by atoms with Crippen LogP contribution >= 0.6 is 11.6 Å². The average molecular weight is 321 g/mol. The Bertz CT molecular complexity index is 637. The summed E-state index contributed by atoms with van der Waals surface area (Å²) in [6.45, 7) is 4.38. The van der Waals surface area contributed by atoms with E-state index in [1.54, 1.807) is 0 Å². The standard InChI is InChI=1S/C17H21ClN2O2/c1-3-17(21)19-9-8-13-4-7-16(18)14(11-13)5-6-15-10-12(2)22-20-15/h4,7,10-11H,3,5-6,8-9H2,1-2H3,(H,19,21). The molecule has 0 fully saturated rings. The van der Waals surface area contributed by atoms with Crippen molar-refractivity contribution in [2.24, 2.45) is 0 Å². The first-order chi connectivity index (χ1) is 10.6. The van der Waals surface area contributed by atoms with Gasteiger partial charge in [0.05, 0.1) is 5.69 Å². The quantitative estimate of drug-likeness (QED) is 0.849. The molecule has 0 aliphatic heterocycles. The molecular formula is C17H21ClN2O2. The zero-order chi connectivity index (χ0) is 15.9. The molecule has 0 radical (unpaired) electrons. The third kappa shape index (κ3) is 4.88. The van der Waals surface area contributed by atoms with Crippen LogP contribution in [0.5, 0.6) is 0 Å². The summed E-state index contributed by atoms with van der Waals surface area (Å²) in [5.74, 6) is 0.900. The number of nitrogens with one attached hydrogen (secondary N) is 1. The summed E-state index contributed by atoms with van der Waals surface area (Å²) in [5.41, 5.74) is 3.21. The van der Waals surface area contributed by atoms with E-state index in [1.165, 1.54) is 5.56 Å². The zero-order valence-electron chi connectivity index (χ0n) is 13.0. The Morgan fingerprint density at radius 1 is 1.27 bits per heavy atom. The number of aromatic nitrogens is 1. The van der Waals surface area contributed by atoms with Crippen LogP contribution in [0.2, 0.25) is 5.02 Å². The molecule has 0 atom stereocenters. The van der Waals surface area contributed by atoms with E-state index in [0.29, 0.717) is 13.0 Å². The van der Waals surface area contributed by atoms with E-state index in [9.17, 15) is 4.79 Å². The first-order valence-corrected chi connectivity index (χ1v) is 7.92.